The summed E-state index contributed by atoms with van der Waals surface area (Å²) in [5.41, 5.74) is 29.2. The topological polar surface area (TPSA) is 29.5 Å². The number of para-hydroxylation sites is 3. The van der Waals surface area contributed by atoms with E-state index in [1.165, 1.54) is 331 Å². The van der Waals surface area contributed by atoms with Gasteiger partial charge in [-0.15, -0.1) is 0 Å². The fourth-order valence-electron chi connectivity index (χ4n) is 21.3. The van der Waals surface area contributed by atoms with Crippen molar-refractivity contribution in [2.24, 2.45) is 0 Å². The number of hydrogen-bond donors (Lipinski definition) is 0. The molecular weight excluding hydrogens is 1330 g/mol. The second-order valence-electron chi connectivity index (χ2n) is 35.6. The first-order valence-electron chi connectivity index (χ1n) is 45.4. The van der Waals surface area contributed by atoms with Crippen LogP contribution in [0.25, 0.3) is 88.4 Å². The maximum absolute atomic E-state index is 7.22. The Morgan fingerprint density at radius 1 is 0.282 bits per heavy atom. The van der Waals surface area contributed by atoms with Gasteiger partial charge in [0.25, 0.3) is 0 Å². The molecule has 0 saturated carbocycles. The summed E-state index contributed by atoms with van der Waals surface area (Å²) in [4.78, 5) is 2.78. The molecule has 0 radical (unpaired) electrons. The quantitative estimate of drug-likeness (QED) is 0.0357. The van der Waals surface area contributed by atoms with E-state index in [1.807, 2.05) is 0 Å². The first-order valence-corrected chi connectivity index (χ1v) is 45.4. The molecule has 11 aromatic rings. The molecule has 0 bridgehead atoms. The molecule has 0 spiro atoms. The summed E-state index contributed by atoms with van der Waals surface area (Å²) in [6, 6.07) is 68.1. The molecule has 0 unspecified atom stereocenters. The van der Waals surface area contributed by atoms with Crippen molar-refractivity contribution in [2.75, 3.05) is 4.90 Å². The van der Waals surface area contributed by atoms with Gasteiger partial charge in [-0.3, -0.25) is 0 Å². The molecule has 14 rings (SSSR count). The fourth-order valence-corrected chi connectivity index (χ4v) is 21.3. The standard InChI is InChI=1S/C107H135NO2/c1-10-16-22-28-34-49-67-105(68-50-35-29-23-17-11-2)89-65-66-98-101(83-55-41-45-59-96(83)109-98)100(89)87-77-92-86(76-93(87)105)81-63-61-79(73-90(81)106(92,69-51-36-30-24-18-12-3)70-52-37-31-25-19-13-4)108(95-58-44-43-57-88(95)104(7,8)9)80-62-64-82-91(74-80)107(71-47-32-26-20-14-5,72-48-33-27-21-15-6)94-75-85(78-53-39-38-40-54-78)103-102(99(82)94)84-56-42-46-60-97(84)110-103/h38-46,53-66,73-77H,10-37,47-52,67-72H2,1-9H3. The van der Waals surface area contributed by atoms with E-state index < -0.39 is 0 Å². The van der Waals surface area contributed by atoms with Gasteiger partial charge in [0.1, 0.15) is 22.3 Å². The van der Waals surface area contributed by atoms with Crippen molar-refractivity contribution in [3.8, 4) is 44.5 Å². The summed E-state index contributed by atoms with van der Waals surface area (Å²) in [5, 5.41) is 5.10. The van der Waals surface area contributed by atoms with Gasteiger partial charge in [0.15, 0.2) is 0 Å². The summed E-state index contributed by atoms with van der Waals surface area (Å²) in [6.45, 7) is 21.5. The van der Waals surface area contributed by atoms with Gasteiger partial charge in [-0.05, 0) is 189 Å². The molecular formula is C107H135NO2. The molecule has 0 saturated heterocycles. The number of benzene rings is 9. The molecule has 3 nitrogen and oxygen atoms in total. The molecule has 3 aliphatic carbocycles. The maximum atomic E-state index is 7.22. The van der Waals surface area contributed by atoms with Gasteiger partial charge in [0, 0.05) is 60.4 Å². The average molecular weight is 1470 g/mol. The van der Waals surface area contributed by atoms with E-state index in [1.54, 1.807) is 22.3 Å². The van der Waals surface area contributed by atoms with Crippen molar-refractivity contribution in [3.63, 3.8) is 0 Å². The third kappa shape index (κ3) is 15.8. The number of furan rings is 2. The van der Waals surface area contributed by atoms with Crippen molar-refractivity contribution in [1.82, 2.24) is 0 Å². The number of unbranched alkanes of at least 4 members (excludes halogenated alkanes) is 28. The van der Waals surface area contributed by atoms with Gasteiger partial charge in [-0.2, -0.15) is 0 Å². The average Bonchev–Trinajstić information content (AvgIpc) is 1.53. The summed E-state index contributed by atoms with van der Waals surface area (Å²) in [6.07, 6.45) is 50.4. The summed E-state index contributed by atoms with van der Waals surface area (Å²) < 4.78 is 14.2. The van der Waals surface area contributed by atoms with Crippen LogP contribution in [0.2, 0.25) is 0 Å². The molecule has 2 heterocycles. The lowest BCUT2D eigenvalue weighted by Crippen LogP contribution is -2.27. The first kappa shape index (κ1) is 79.0. The minimum absolute atomic E-state index is 0.105. The van der Waals surface area contributed by atoms with Crippen LogP contribution in [0.15, 0.2) is 179 Å². The van der Waals surface area contributed by atoms with Crippen LogP contribution in [0.1, 0.15) is 358 Å². The third-order valence-electron chi connectivity index (χ3n) is 27.1. The Hall–Kier alpha value is -7.62. The van der Waals surface area contributed by atoms with Crippen LogP contribution in [0.4, 0.5) is 17.1 Å². The molecule has 580 valence electrons. The molecule has 2 aromatic heterocycles. The smallest absolute Gasteiger partial charge is 0.143 e. The van der Waals surface area contributed by atoms with Crippen LogP contribution in [0, 0.1) is 0 Å². The lowest BCUT2D eigenvalue weighted by Gasteiger charge is -2.37. The molecule has 3 heteroatoms. The minimum Gasteiger partial charge on any atom is -0.456 e. The Labute approximate surface area is 664 Å². The van der Waals surface area contributed by atoms with Gasteiger partial charge in [0.05, 0.1) is 0 Å². The largest absolute Gasteiger partial charge is 0.456 e. The van der Waals surface area contributed by atoms with Crippen LogP contribution >= 0.6 is 0 Å². The highest BCUT2D eigenvalue weighted by Gasteiger charge is 2.50. The van der Waals surface area contributed by atoms with Gasteiger partial charge < -0.3 is 13.7 Å². The van der Waals surface area contributed by atoms with Gasteiger partial charge in [0.2, 0.25) is 0 Å². The van der Waals surface area contributed by atoms with Crippen molar-refractivity contribution < 1.29 is 8.83 Å². The van der Waals surface area contributed by atoms with E-state index in [0.717, 1.165) is 48.0 Å². The fraction of sp³-hybridized carbons (Fsp3) is 0.495. The Kier molecular flexibility index (Phi) is 26.2. The number of nitrogens with zero attached hydrogens (tertiary/aromatic N) is 1. The summed E-state index contributed by atoms with van der Waals surface area (Å²) in [5.74, 6) is 0. The predicted octanol–water partition coefficient (Wildman–Crippen LogP) is 34.4. The monoisotopic (exact) mass is 1470 g/mol. The highest BCUT2D eigenvalue weighted by molar-refractivity contribution is 6.19. The van der Waals surface area contributed by atoms with Crippen molar-refractivity contribution >= 4 is 60.9 Å². The lowest BCUT2D eigenvalue weighted by molar-refractivity contribution is 0.394. The zero-order chi connectivity index (χ0) is 76.1. The molecule has 3 aliphatic rings. The predicted molar refractivity (Wildman–Crippen MR) is 477 cm³/mol. The zero-order valence-corrected chi connectivity index (χ0v) is 69.7. The van der Waals surface area contributed by atoms with Crippen LogP contribution in [-0.2, 0) is 21.7 Å². The zero-order valence-electron chi connectivity index (χ0n) is 69.7. The van der Waals surface area contributed by atoms with E-state index in [-0.39, 0.29) is 21.7 Å². The summed E-state index contributed by atoms with van der Waals surface area (Å²) in [7, 11) is 0. The van der Waals surface area contributed by atoms with Gasteiger partial charge in [-0.1, -0.05) is 384 Å². The summed E-state index contributed by atoms with van der Waals surface area (Å²) >= 11 is 0. The molecule has 9 aromatic carbocycles. The second-order valence-corrected chi connectivity index (χ2v) is 35.6. The van der Waals surface area contributed by atoms with Crippen molar-refractivity contribution in [1.29, 1.82) is 0 Å². The maximum Gasteiger partial charge on any atom is 0.143 e. The van der Waals surface area contributed by atoms with Crippen molar-refractivity contribution in [3.05, 3.63) is 209 Å². The number of hydrogen-bond acceptors (Lipinski definition) is 3. The van der Waals surface area contributed by atoms with Crippen LogP contribution < -0.4 is 4.90 Å². The third-order valence-corrected chi connectivity index (χ3v) is 27.1. The van der Waals surface area contributed by atoms with E-state index in [4.69, 9.17) is 8.83 Å². The molecule has 0 N–H and O–H groups in total. The Balaban J connectivity index is 1.01. The Morgan fingerprint density at radius 2 is 0.664 bits per heavy atom. The molecule has 0 atom stereocenters. The molecule has 0 aliphatic heterocycles. The van der Waals surface area contributed by atoms with Crippen LogP contribution in [-0.4, -0.2) is 0 Å². The van der Waals surface area contributed by atoms with Gasteiger partial charge in [-0.25, -0.2) is 0 Å². The lowest BCUT2D eigenvalue weighted by atomic mass is 9.68. The van der Waals surface area contributed by atoms with Crippen LogP contribution in [0.5, 0.6) is 0 Å². The number of rotatable bonds is 44. The Bertz CT molecular complexity index is 4800. The molecule has 0 fully saturated rings. The molecule has 0 amide bonds. The van der Waals surface area contributed by atoms with E-state index in [2.05, 4.69) is 237 Å². The minimum atomic E-state index is -0.222. The first-order chi connectivity index (χ1) is 54.0. The van der Waals surface area contributed by atoms with Crippen molar-refractivity contribution in [2.45, 2.75) is 341 Å². The number of anilines is 3. The highest BCUT2D eigenvalue weighted by atomic mass is 16.3. The number of fused-ring (bicyclic) bond motifs is 17. The van der Waals surface area contributed by atoms with Crippen LogP contribution in [0.3, 0.4) is 0 Å². The Morgan fingerprint density at radius 3 is 1.18 bits per heavy atom. The molecule has 110 heavy (non-hydrogen) atoms. The second kappa shape index (κ2) is 36.5. The highest BCUT2D eigenvalue weighted by Crippen LogP contribution is 2.65. The van der Waals surface area contributed by atoms with E-state index in [9.17, 15) is 0 Å². The SMILES string of the molecule is CCCCCCCCC1(CCCCCCCC)c2cc(N(c3ccc4c(c3)C(CCCCCCC)(CCCCCCC)c3cc(-c5ccccc5)c5oc6ccccc6c5c3-4)c3ccccc3C(C)(C)C)ccc2-c2cc3c(cc21)-c1c(ccc2oc4ccccc4c12)C3(CCCCCCCC)CCCCCCCC. The van der Waals surface area contributed by atoms with E-state index in [0.29, 0.717) is 0 Å². The van der Waals surface area contributed by atoms with Gasteiger partial charge >= 0.3 is 0 Å². The van der Waals surface area contributed by atoms with E-state index >= 15 is 0 Å². The normalized spacial score (nSPS) is 14.3.